The summed E-state index contributed by atoms with van der Waals surface area (Å²) in [6, 6.07) is 8.97. The lowest BCUT2D eigenvalue weighted by Gasteiger charge is -2.19. The van der Waals surface area contributed by atoms with E-state index < -0.39 is 0 Å². The molecule has 0 aromatic heterocycles. The number of rotatable bonds is 3. The molecular formula is C15H23N3. The first-order valence-electron chi connectivity index (χ1n) is 6.75. The molecule has 0 aliphatic heterocycles. The highest BCUT2D eigenvalue weighted by Crippen LogP contribution is 2.21. The molecule has 98 valence electrons. The molecule has 1 aliphatic rings. The molecule has 1 fully saturated rings. The fourth-order valence-electron chi connectivity index (χ4n) is 2.48. The summed E-state index contributed by atoms with van der Waals surface area (Å²) < 4.78 is 0. The predicted molar refractivity (Wildman–Crippen MR) is 76.5 cm³/mol. The van der Waals surface area contributed by atoms with Crippen molar-refractivity contribution in [3.8, 4) is 0 Å². The number of nitrogens with zero attached hydrogens (tertiary/aromatic N) is 2. The molecule has 1 saturated carbocycles. The molecule has 1 aromatic carbocycles. The maximum Gasteiger partial charge on any atom is 0.191 e. The van der Waals surface area contributed by atoms with Gasteiger partial charge in [-0.15, -0.1) is 0 Å². The quantitative estimate of drug-likeness (QED) is 0.657. The van der Waals surface area contributed by atoms with Gasteiger partial charge in [-0.3, -0.25) is 0 Å². The van der Waals surface area contributed by atoms with Gasteiger partial charge in [0.05, 0.1) is 6.04 Å². The van der Waals surface area contributed by atoms with E-state index in [-0.39, 0.29) is 0 Å². The van der Waals surface area contributed by atoms with Crippen molar-refractivity contribution in [1.82, 2.24) is 4.90 Å². The van der Waals surface area contributed by atoms with Gasteiger partial charge in [-0.1, -0.05) is 42.7 Å². The first-order chi connectivity index (χ1) is 8.65. The average molecular weight is 245 g/mol. The summed E-state index contributed by atoms with van der Waals surface area (Å²) in [5.74, 6) is 0.670. The Labute approximate surface area is 110 Å². The van der Waals surface area contributed by atoms with Crippen molar-refractivity contribution in [2.45, 2.75) is 45.2 Å². The third-order valence-electron chi connectivity index (χ3n) is 3.53. The van der Waals surface area contributed by atoms with Gasteiger partial charge in [0.2, 0.25) is 0 Å². The van der Waals surface area contributed by atoms with Gasteiger partial charge < -0.3 is 10.6 Å². The zero-order chi connectivity index (χ0) is 13.0. The molecule has 0 radical (unpaired) electrons. The highest BCUT2D eigenvalue weighted by Gasteiger charge is 2.15. The van der Waals surface area contributed by atoms with Crippen molar-refractivity contribution in [3.63, 3.8) is 0 Å². The van der Waals surface area contributed by atoms with Crippen LogP contribution in [0.25, 0.3) is 0 Å². The molecule has 0 spiro atoms. The molecule has 1 aliphatic carbocycles. The molecule has 3 heteroatoms. The zero-order valence-corrected chi connectivity index (χ0v) is 11.4. The Bertz CT molecular complexity index is 420. The van der Waals surface area contributed by atoms with Crippen molar-refractivity contribution < 1.29 is 0 Å². The fourth-order valence-corrected chi connectivity index (χ4v) is 2.48. The molecule has 0 heterocycles. The summed E-state index contributed by atoms with van der Waals surface area (Å²) in [5, 5.41) is 0. The van der Waals surface area contributed by atoms with Gasteiger partial charge in [-0.05, 0) is 25.3 Å². The third-order valence-corrected chi connectivity index (χ3v) is 3.53. The van der Waals surface area contributed by atoms with E-state index in [9.17, 15) is 0 Å². The normalized spacial score (nSPS) is 17.1. The van der Waals surface area contributed by atoms with Gasteiger partial charge in [-0.2, -0.15) is 0 Å². The molecule has 0 bridgehead atoms. The third kappa shape index (κ3) is 3.49. The summed E-state index contributed by atoms with van der Waals surface area (Å²) in [5.41, 5.74) is 8.62. The first kappa shape index (κ1) is 12.9. The van der Waals surface area contributed by atoms with Crippen LogP contribution < -0.4 is 5.73 Å². The Morgan fingerprint density at radius 3 is 2.78 bits per heavy atom. The van der Waals surface area contributed by atoms with Crippen molar-refractivity contribution >= 4 is 5.96 Å². The highest BCUT2D eigenvalue weighted by atomic mass is 15.2. The minimum Gasteiger partial charge on any atom is -0.370 e. The van der Waals surface area contributed by atoms with Crippen LogP contribution in [0.5, 0.6) is 0 Å². The Morgan fingerprint density at radius 2 is 2.11 bits per heavy atom. The van der Waals surface area contributed by atoms with Crippen LogP contribution in [0.2, 0.25) is 0 Å². The van der Waals surface area contributed by atoms with E-state index in [1.54, 1.807) is 0 Å². The number of benzene rings is 1. The standard InChI is InChI=1S/C15H23N3/c1-12-6-5-7-13(10-12)11-18(2)15(16)17-14-8-3-4-9-14/h5-7,10,14H,3-4,8-9,11H2,1-2H3,(H2,16,17). The summed E-state index contributed by atoms with van der Waals surface area (Å²) in [6.45, 7) is 2.93. The van der Waals surface area contributed by atoms with Crippen molar-refractivity contribution in [3.05, 3.63) is 35.4 Å². The van der Waals surface area contributed by atoms with Crippen molar-refractivity contribution in [2.75, 3.05) is 7.05 Å². The molecule has 0 unspecified atom stereocenters. The Hall–Kier alpha value is -1.51. The van der Waals surface area contributed by atoms with Crippen LogP contribution in [-0.2, 0) is 6.54 Å². The summed E-state index contributed by atoms with van der Waals surface area (Å²) in [7, 11) is 2.01. The van der Waals surface area contributed by atoms with Crippen molar-refractivity contribution in [1.29, 1.82) is 0 Å². The molecular weight excluding hydrogens is 222 g/mol. The topological polar surface area (TPSA) is 41.6 Å². The number of hydrogen-bond donors (Lipinski definition) is 1. The Kier molecular flexibility index (Phi) is 4.24. The minimum atomic E-state index is 0.449. The van der Waals surface area contributed by atoms with Gasteiger partial charge in [0.25, 0.3) is 0 Å². The number of guanidine groups is 1. The smallest absolute Gasteiger partial charge is 0.191 e. The SMILES string of the molecule is Cc1cccc(CN(C)C(N)=NC2CCCC2)c1. The summed E-state index contributed by atoms with van der Waals surface area (Å²) >= 11 is 0. The van der Waals surface area contributed by atoms with E-state index in [0.29, 0.717) is 12.0 Å². The van der Waals surface area contributed by atoms with Crippen molar-refractivity contribution in [2.24, 2.45) is 10.7 Å². The second kappa shape index (κ2) is 5.89. The van der Waals surface area contributed by atoms with E-state index in [1.807, 2.05) is 11.9 Å². The van der Waals surface area contributed by atoms with E-state index in [4.69, 9.17) is 5.73 Å². The number of nitrogens with two attached hydrogens (primary N) is 1. The largest absolute Gasteiger partial charge is 0.370 e. The highest BCUT2D eigenvalue weighted by molar-refractivity contribution is 5.78. The number of aliphatic imine (C=N–C) groups is 1. The maximum absolute atomic E-state index is 6.06. The van der Waals surface area contributed by atoms with Crippen LogP contribution in [0.15, 0.2) is 29.3 Å². The van der Waals surface area contributed by atoms with Gasteiger partial charge in [0.15, 0.2) is 5.96 Å². The lowest BCUT2D eigenvalue weighted by molar-refractivity contribution is 0.486. The molecule has 1 aromatic rings. The minimum absolute atomic E-state index is 0.449. The summed E-state index contributed by atoms with van der Waals surface area (Å²) in [4.78, 5) is 6.65. The second-order valence-electron chi connectivity index (χ2n) is 5.27. The Balaban J connectivity index is 1.96. The molecule has 3 nitrogen and oxygen atoms in total. The molecule has 0 atom stereocenters. The van der Waals surface area contributed by atoms with E-state index in [2.05, 4.69) is 36.2 Å². The first-order valence-corrected chi connectivity index (χ1v) is 6.75. The molecule has 0 amide bonds. The van der Waals surface area contributed by atoms with Gasteiger partial charge in [-0.25, -0.2) is 4.99 Å². The van der Waals surface area contributed by atoms with Crippen LogP contribution in [0.1, 0.15) is 36.8 Å². The monoisotopic (exact) mass is 245 g/mol. The molecule has 2 rings (SSSR count). The molecule has 18 heavy (non-hydrogen) atoms. The van der Waals surface area contributed by atoms with Gasteiger partial charge in [0.1, 0.15) is 0 Å². The lowest BCUT2D eigenvalue weighted by Crippen LogP contribution is -2.34. The molecule has 2 N–H and O–H groups in total. The van der Waals surface area contributed by atoms with Crippen LogP contribution in [0, 0.1) is 6.92 Å². The fraction of sp³-hybridized carbons (Fsp3) is 0.533. The van der Waals surface area contributed by atoms with Crippen LogP contribution >= 0.6 is 0 Å². The Morgan fingerprint density at radius 1 is 1.39 bits per heavy atom. The lowest BCUT2D eigenvalue weighted by atomic mass is 10.1. The van der Waals surface area contributed by atoms with E-state index in [1.165, 1.54) is 36.8 Å². The van der Waals surface area contributed by atoms with Gasteiger partial charge in [0, 0.05) is 13.6 Å². The van der Waals surface area contributed by atoms with E-state index >= 15 is 0 Å². The maximum atomic E-state index is 6.06. The number of hydrogen-bond acceptors (Lipinski definition) is 1. The van der Waals surface area contributed by atoms with E-state index in [0.717, 1.165) is 6.54 Å². The van der Waals surface area contributed by atoms with Gasteiger partial charge >= 0.3 is 0 Å². The summed E-state index contributed by atoms with van der Waals surface area (Å²) in [6.07, 6.45) is 4.98. The molecule has 0 saturated heterocycles. The van der Waals surface area contributed by atoms with Crippen LogP contribution in [-0.4, -0.2) is 23.9 Å². The number of aryl methyl sites for hydroxylation is 1. The zero-order valence-electron chi connectivity index (χ0n) is 11.4. The predicted octanol–water partition coefficient (Wildman–Crippen LogP) is 2.68. The average Bonchev–Trinajstić information content (AvgIpc) is 2.81. The second-order valence-corrected chi connectivity index (χ2v) is 5.27. The van der Waals surface area contributed by atoms with Crippen LogP contribution in [0.3, 0.4) is 0 Å². The van der Waals surface area contributed by atoms with Crippen LogP contribution in [0.4, 0.5) is 0 Å².